The van der Waals surface area contributed by atoms with Crippen LogP contribution >= 0.6 is 0 Å². The second-order valence-corrected chi connectivity index (χ2v) is 8.94. The molecule has 0 radical (unpaired) electrons. The molecule has 0 saturated carbocycles. The number of carbonyl (C=O) groups excluding carboxylic acids is 1. The van der Waals surface area contributed by atoms with E-state index in [1.165, 1.54) is 21.9 Å². The maximum atomic E-state index is 13.4. The van der Waals surface area contributed by atoms with Gasteiger partial charge in [0.15, 0.2) is 0 Å². The lowest BCUT2D eigenvalue weighted by atomic mass is 9.94. The Morgan fingerprint density at radius 3 is 2.42 bits per heavy atom. The molecule has 1 N–H and O–H groups in total. The summed E-state index contributed by atoms with van der Waals surface area (Å²) in [5.74, 6) is 0.540. The number of rotatable bonds is 8. The lowest BCUT2D eigenvalue weighted by molar-refractivity contribution is -0.919. The van der Waals surface area contributed by atoms with Gasteiger partial charge >= 0.3 is 0 Å². The summed E-state index contributed by atoms with van der Waals surface area (Å²) < 4.78 is 0. The van der Waals surface area contributed by atoms with Crippen molar-refractivity contribution in [1.82, 2.24) is 4.90 Å². The number of nitrogens with zero attached hydrogens (tertiary/aromatic N) is 1. The minimum Gasteiger partial charge on any atom is -0.338 e. The molecule has 1 aliphatic rings. The molecule has 4 rings (SSSR count). The minimum absolute atomic E-state index is 0.178. The van der Waals surface area contributed by atoms with Crippen LogP contribution in [0.25, 0.3) is 10.8 Å². The van der Waals surface area contributed by atoms with Crippen LogP contribution in [0.3, 0.4) is 0 Å². The quantitative estimate of drug-likeness (QED) is 0.577. The van der Waals surface area contributed by atoms with Crippen molar-refractivity contribution in [3.05, 3.63) is 83.9 Å². The van der Waals surface area contributed by atoms with Crippen molar-refractivity contribution < 1.29 is 9.69 Å². The number of fused-ring (bicyclic) bond motifs is 1. The molecule has 1 saturated heterocycles. The summed E-state index contributed by atoms with van der Waals surface area (Å²) in [7, 11) is 0. The van der Waals surface area contributed by atoms with Gasteiger partial charge < -0.3 is 9.80 Å². The largest absolute Gasteiger partial charge is 0.338 e. The fourth-order valence-electron chi connectivity index (χ4n) is 4.84. The number of hydrogen-bond acceptors (Lipinski definition) is 1. The average molecular weight is 416 g/mol. The molecule has 0 bridgehead atoms. The Morgan fingerprint density at radius 2 is 1.65 bits per heavy atom. The molecule has 1 amide bonds. The van der Waals surface area contributed by atoms with Crippen molar-refractivity contribution in [2.45, 2.75) is 45.7 Å². The molecule has 0 unspecified atom stereocenters. The van der Waals surface area contributed by atoms with Gasteiger partial charge in [0.05, 0.1) is 13.1 Å². The highest BCUT2D eigenvalue weighted by Crippen LogP contribution is 2.20. The topological polar surface area (TPSA) is 24.8 Å². The van der Waals surface area contributed by atoms with E-state index in [1.54, 1.807) is 4.90 Å². The molecule has 1 aliphatic heterocycles. The number of amides is 1. The average Bonchev–Trinajstić information content (AvgIpc) is 2.83. The maximum Gasteiger partial charge on any atom is 0.226 e. The number of nitrogens with one attached hydrogen (secondary N) is 1. The number of carbonyl (C=O) groups is 1. The number of likely N-dealkylation sites (tertiary alicyclic amines) is 1. The second kappa shape index (κ2) is 10.6. The molecule has 3 aromatic carbocycles. The standard InChI is InChI=1S/C28H34N2O/c1-2-3-18-30(21-23-10-5-4-6-11-23)28(31)25-16-19-29(20-17-25)22-26-14-9-13-24-12-7-8-15-27(24)26/h4-15,25H,2-3,16-22H2,1H3/p+1. The Morgan fingerprint density at radius 1 is 0.935 bits per heavy atom. The van der Waals surface area contributed by atoms with Gasteiger partial charge in [-0.2, -0.15) is 0 Å². The van der Waals surface area contributed by atoms with Gasteiger partial charge in [0.1, 0.15) is 6.54 Å². The lowest BCUT2D eigenvalue weighted by Crippen LogP contribution is -3.11. The van der Waals surface area contributed by atoms with Crippen LogP contribution in [0.4, 0.5) is 0 Å². The van der Waals surface area contributed by atoms with Crippen LogP contribution in [0.1, 0.15) is 43.7 Å². The van der Waals surface area contributed by atoms with Gasteiger partial charge in [-0.15, -0.1) is 0 Å². The van der Waals surface area contributed by atoms with E-state index in [4.69, 9.17) is 0 Å². The molecule has 3 heteroatoms. The van der Waals surface area contributed by atoms with Gasteiger partial charge in [-0.05, 0) is 22.8 Å². The van der Waals surface area contributed by atoms with Gasteiger partial charge in [-0.1, -0.05) is 86.1 Å². The predicted octanol–water partition coefficient (Wildman–Crippen LogP) is 4.46. The smallest absolute Gasteiger partial charge is 0.226 e. The van der Waals surface area contributed by atoms with Crippen LogP contribution in [-0.2, 0) is 17.9 Å². The molecule has 1 fully saturated rings. The highest BCUT2D eigenvalue weighted by Gasteiger charge is 2.30. The van der Waals surface area contributed by atoms with Gasteiger partial charge in [0, 0.05) is 37.4 Å². The van der Waals surface area contributed by atoms with Gasteiger partial charge in [-0.3, -0.25) is 4.79 Å². The fourth-order valence-corrected chi connectivity index (χ4v) is 4.84. The summed E-state index contributed by atoms with van der Waals surface area (Å²) in [5.41, 5.74) is 2.65. The van der Waals surface area contributed by atoms with E-state index in [0.717, 1.165) is 58.4 Å². The van der Waals surface area contributed by atoms with Crippen molar-refractivity contribution in [2.24, 2.45) is 5.92 Å². The first kappa shape index (κ1) is 21.6. The third kappa shape index (κ3) is 5.54. The molecule has 0 atom stereocenters. The number of hydrogen-bond donors (Lipinski definition) is 1. The van der Waals surface area contributed by atoms with Crippen molar-refractivity contribution in [3.8, 4) is 0 Å². The van der Waals surface area contributed by atoms with E-state index < -0.39 is 0 Å². The number of quaternary nitrogens is 1. The highest BCUT2D eigenvalue weighted by molar-refractivity contribution is 5.85. The minimum atomic E-state index is 0.178. The van der Waals surface area contributed by atoms with E-state index in [2.05, 4.69) is 78.6 Å². The van der Waals surface area contributed by atoms with E-state index in [-0.39, 0.29) is 5.92 Å². The Labute approximate surface area is 186 Å². The van der Waals surface area contributed by atoms with Crippen molar-refractivity contribution in [2.75, 3.05) is 19.6 Å². The summed E-state index contributed by atoms with van der Waals surface area (Å²) in [6.45, 7) is 7.00. The number of piperidine rings is 1. The van der Waals surface area contributed by atoms with E-state index in [1.807, 2.05) is 6.07 Å². The summed E-state index contributed by atoms with van der Waals surface area (Å²) in [6.07, 6.45) is 4.18. The zero-order valence-corrected chi connectivity index (χ0v) is 18.7. The third-order valence-corrected chi connectivity index (χ3v) is 6.67. The Balaban J connectivity index is 1.36. The predicted molar refractivity (Wildman–Crippen MR) is 128 cm³/mol. The molecular weight excluding hydrogens is 380 g/mol. The molecule has 162 valence electrons. The van der Waals surface area contributed by atoms with Crippen LogP contribution in [-0.4, -0.2) is 30.4 Å². The molecule has 3 aromatic rings. The molecule has 0 aliphatic carbocycles. The lowest BCUT2D eigenvalue weighted by Gasteiger charge is -2.32. The first-order valence-corrected chi connectivity index (χ1v) is 11.9. The van der Waals surface area contributed by atoms with E-state index >= 15 is 0 Å². The van der Waals surface area contributed by atoms with E-state index in [0.29, 0.717) is 5.91 Å². The third-order valence-electron chi connectivity index (χ3n) is 6.67. The molecule has 0 spiro atoms. The van der Waals surface area contributed by atoms with Gasteiger partial charge in [0.25, 0.3) is 0 Å². The maximum absolute atomic E-state index is 13.4. The van der Waals surface area contributed by atoms with Gasteiger partial charge in [0.2, 0.25) is 5.91 Å². The first-order chi connectivity index (χ1) is 15.2. The zero-order valence-electron chi connectivity index (χ0n) is 18.7. The van der Waals surface area contributed by atoms with Crippen LogP contribution in [0.15, 0.2) is 72.8 Å². The second-order valence-electron chi connectivity index (χ2n) is 8.94. The molecular formula is C28H35N2O+. The molecule has 1 heterocycles. The van der Waals surface area contributed by atoms with Crippen LogP contribution < -0.4 is 4.90 Å². The summed E-state index contributed by atoms with van der Waals surface area (Å²) in [4.78, 5) is 17.1. The van der Waals surface area contributed by atoms with Crippen molar-refractivity contribution in [1.29, 1.82) is 0 Å². The zero-order chi connectivity index (χ0) is 21.5. The SMILES string of the molecule is CCCCN(Cc1ccccc1)C(=O)C1CC[NH+](Cc2cccc3ccccc23)CC1. The van der Waals surface area contributed by atoms with Crippen LogP contribution in [0, 0.1) is 5.92 Å². The highest BCUT2D eigenvalue weighted by atomic mass is 16.2. The van der Waals surface area contributed by atoms with Crippen molar-refractivity contribution >= 4 is 16.7 Å². The summed E-state index contributed by atoms with van der Waals surface area (Å²) in [5, 5.41) is 2.68. The van der Waals surface area contributed by atoms with Crippen LogP contribution in [0.5, 0.6) is 0 Å². The van der Waals surface area contributed by atoms with Crippen LogP contribution in [0.2, 0.25) is 0 Å². The number of benzene rings is 3. The molecule has 3 nitrogen and oxygen atoms in total. The number of unbranched alkanes of at least 4 members (excludes halogenated alkanes) is 1. The fraction of sp³-hybridized carbons (Fsp3) is 0.393. The Hall–Kier alpha value is -2.65. The summed E-state index contributed by atoms with van der Waals surface area (Å²) >= 11 is 0. The summed E-state index contributed by atoms with van der Waals surface area (Å²) in [6, 6.07) is 25.7. The van der Waals surface area contributed by atoms with Gasteiger partial charge in [-0.25, -0.2) is 0 Å². The molecule has 0 aromatic heterocycles. The Kier molecular flexibility index (Phi) is 7.37. The normalized spacial score (nSPS) is 18.7. The first-order valence-electron chi connectivity index (χ1n) is 11.9. The Bertz CT molecular complexity index is 971. The van der Waals surface area contributed by atoms with Crippen molar-refractivity contribution in [3.63, 3.8) is 0 Å². The monoisotopic (exact) mass is 415 g/mol. The van der Waals surface area contributed by atoms with E-state index in [9.17, 15) is 4.79 Å². The molecule has 31 heavy (non-hydrogen) atoms.